The van der Waals surface area contributed by atoms with Crippen LogP contribution in [-0.4, -0.2) is 61.1 Å². The highest BCUT2D eigenvalue weighted by molar-refractivity contribution is 5.78. The molecule has 0 radical (unpaired) electrons. The fourth-order valence-electron chi connectivity index (χ4n) is 2.99. The van der Waals surface area contributed by atoms with E-state index in [4.69, 9.17) is 9.47 Å². The highest BCUT2D eigenvalue weighted by Crippen LogP contribution is 2.41. The zero-order valence-corrected chi connectivity index (χ0v) is 13.6. The number of carbonyl (C=O) groups excluding carboxylic acids is 1. The minimum atomic E-state index is -0.205. The second-order valence-corrected chi connectivity index (χ2v) is 6.76. The van der Waals surface area contributed by atoms with E-state index in [2.05, 4.69) is 31.9 Å². The zero-order chi connectivity index (χ0) is 15.7. The maximum absolute atomic E-state index is 12.2. The minimum Gasteiger partial charge on any atom is -0.483 e. The van der Waals surface area contributed by atoms with E-state index in [1.54, 1.807) is 0 Å². The monoisotopic (exact) mass is 304 g/mol. The molecule has 0 spiro atoms. The number of piperazine rings is 1. The fourth-order valence-corrected chi connectivity index (χ4v) is 2.99. The van der Waals surface area contributed by atoms with E-state index in [9.17, 15) is 4.79 Å². The average Bonchev–Trinajstić information content (AvgIpc) is 2.80. The number of nitrogens with zero attached hydrogens (tertiary/aromatic N) is 2. The van der Waals surface area contributed by atoms with Gasteiger partial charge in [0.25, 0.3) is 5.91 Å². The summed E-state index contributed by atoms with van der Waals surface area (Å²) in [4.78, 5) is 16.3. The number of amides is 1. The fraction of sp³-hybridized carbons (Fsp3) is 0.588. The van der Waals surface area contributed by atoms with Crippen LogP contribution in [0.4, 0.5) is 0 Å². The molecule has 2 aliphatic rings. The number of benzene rings is 1. The molecule has 1 saturated heterocycles. The predicted octanol–water partition coefficient (Wildman–Crippen LogP) is 1.55. The third-order valence-corrected chi connectivity index (χ3v) is 4.26. The minimum absolute atomic E-state index is 0.0444. The van der Waals surface area contributed by atoms with Crippen LogP contribution in [0.2, 0.25) is 0 Å². The molecule has 0 atom stereocenters. The van der Waals surface area contributed by atoms with Crippen LogP contribution in [-0.2, 0) is 11.2 Å². The van der Waals surface area contributed by atoms with Crippen LogP contribution in [0.1, 0.15) is 19.4 Å². The van der Waals surface area contributed by atoms with Crippen LogP contribution in [0.15, 0.2) is 18.2 Å². The second-order valence-electron chi connectivity index (χ2n) is 6.76. The molecule has 120 valence electrons. The number of fused-ring (bicyclic) bond motifs is 1. The largest absolute Gasteiger partial charge is 0.483 e. The van der Waals surface area contributed by atoms with E-state index in [1.165, 1.54) is 0 Å². The predicted molar refractivity (Wildman–Crippen MR) is 84.4 cm³/mol. The summed E-state index contributed by atoms with van der Waals surface area (Å²) in [6, 6.07) is 5.88. The zero-order valence-electron chi connectivity index (χ0n) is 13.6. The van der Waals surface area contributed by atoms with Gasteiger partial charge in [-0.05, 0) is 27.0 Å². The SMILES string of the molecule is CN1CCN(C(=O)COc2cccc3c2OC(C)(C)C3)CC1. The van der Waals surface area contributed by atoms with Gasteiger partial charge in [0, 0.05) is 38.2 Å². The van der Waals surface area contributed by atoms with Crippen LogP contribution in [0, 0.1) is 0 Å². The van der Waals surface area contributed by atoms with Gasteiger partial charge in [-0.3, -0.25) is 4.79 Å². The Morgan fingerprint density at radius 1 is 1.27 bits per heavy atom. The highest BCUT2D eigenvalue weighted by Gasteiger charge is 2.32. The summed E-state index contributed by atoms with van der Waals surface area (Å²) < 4.78 is 11.7. The Bertz CT molecular complexity index is 563. The van der Waals surface area contributed by atoms with Crippen LogP contribution in [0.5, 0.6) is 11.5 Å². The van der Waals surface area contributed by atoms with Gasteiger partial charge in [-0.2, -0.15) is 0 Å². The van der Waals surface area contributed by atoms with Gasteiger partial charge in [0.1, 0.15) is 5.60 Å². The Kier molecular flexibility index (Phi) is 4.00. The third-order valence-electron chi connectivity index (χ3n) is 4.26. The Labute approximate surface area is 131 Å². The molecule has 0 N–H and O–H groups in total. The van der Waals surface area contributed by atoms with Gasteiger partial charge in [-0.1, -0.05) is 12.1 Å². The van der Waals surface area contributed by atoms with Crippen molar-refractivity contribution < 1.29 is 14.3 Å². The lowest BCUT2D eigenvalue weighted by atomic mass is 10.0. The second kappa shape index (κ2) is 5.80. The van der Waals surface area contributed by atoms with Crippen molar-refractivity contribution in [3.05, 3.63) is 23.8 Å². The number of ether oxygens (including phenoxy) is 2. The van der Waals surface area contributed by atoms with Gasteiger partial charge in [-0.15, -0.1) is 0 Å². The van der Waals surface area contributed by atoms with Gasteiger partial charge in [0.15, 0.2) is 18.1 Å². The molecule has 0 bridgehead atoms. The maximum Gasteiger partial charge on any atom is 0.260 e. The quantitative estimate of drug-likeness (QED) is 0.850. The lowest BCUT2D eigenvalue weighted by Gasteiger charge is -2.32. The molecule has 3 rings (SSSR count). The van der Waals surface area contributed by atoms with Gasteiger partial charge in [-0.25, -0.2) is 0 Å². The molecule has 5 heteroatoms. The van der Waals surface area contributed by atoms with Crippen LogP contribution < -0.4 is 9.47 Å². The van der Waals surface area contributed by atoms with Gasteiger partial charge < -0.3 is 19.3 Å². The topological polar surface area (TPSA) is 42.0 Å². The summed E-state index contributed by atoms with van der Waals surface area (Å²) in [6.07, 6.45) is 0.867. The summed E-state index contributed by atoms with van der Waals surface area (Å²) in [5.41, 5.74) is 0.943. The molecule has 1 fully saturated rings. The summed E-state index contributed by atoms with van der Waals surface area (Å²) in [7, 11) is 2.07. The molecule has 0 aromatic heterocycles. The molecule has 1 amide bonds. The molecule has 5 nitrogen and oxygen atoms in total. The summed E-state index contributed by atoms with van der Waals surface area (Å²) in [6.45, 7) is 7.58. The first-order valence-corrected chi connectivity index (χ1v) is 7.85. The smallest absolute Gasteiger partial charge is 0.260 e. The average molecular weight is 304 g/mol. The summed E-state index contributed by atoms with van der Waals surface area (Å²) >= 11 is 0. The van der Waals surface area contributed by atoms with E-state index in [1.807, 2.05) is 17.0 Å². The lowest BCUT2D eigenvalue weighted by molar-refractivity contribution is -0.134. The normalized spacial score (nSPS) is 20.4. The number of para-hydroxylation sites is 1. The number of hydrogen-bond acceptors (Lipinski definition) is 4. The van der Waals surface area contributed by atoms with Gasteiger partial charge >= 0.3 is 0 Å². The first-order valence-electron chi connectivity index (χ1n) is 7.85. The number of carbonyl (C=O) groups is 1. The number of likely N-dealkylation sites (N-methyl/N-ethyl adjacent to an activating group) is 1. The Hall–Kier alpha value is -1.75. The van der Waals surface area contributed by atoms with Crippen molar-refractivity contribution in [2.24, 2.45) is 0 Å². The molecule has 0 saturated carbocycles. The number of hydrogen-bond donors (Lipinski definition) is 0. The first-order chi connectivity index (χ1) is 10.4. The van der Waals surface area contributed by atoms with E-state index in [0.29, 0.717) is 5.75 Å². The molecule has 0 aliphatic carbocycles. The first kappa shape index (κ1) is 15.2. The van der Waals surface area contributed by atoms with Crippen molar-refractivity contribution in [2.75, 3.05) is 39.8 Å². The highest BCUT2D eigenvalue weighted by atomic mass is 16.5. The standard InChI is InChI=1S/C17H24N2O3/c1-17(2)11-13-5-4-6-14(16(13)22-17)21-12-15(20)19-9-7-18(3)8-10-19/h4-6H,7-12H2,1-3H3. The van der Waals surface area contributed by atoms with Crippen molar-refractivity contribution in [3.63, 3.8) is 0 Å². The molecule has 2 aliphatic heterocycles. The van der Waals surface area contributed by atoms with Crippen LogP contribution in [0.3, 0.4) is 0 Å². The molecule has 1 aromatic carbocycles. The third kappa shape index (κ3) is 3.19. The van der Waals surface area contributed by atoms with Gasteiger partial charge in [0.2, 0.25) is 0 Å². The lowest BCUT2D eigenvalue weighted by Crippen LogP contribution is -2.48. The molecular weight excluding hydrogens is 280 g/mol. The molecule has 22 heavy (non-hydrogen) atoms. The Morgan fingerprint density at radius 2 is 2.00 bits per heavy atom. The van der Waals surface area contributed by atoms with Crippen LogP contribution in [0.25, 0.3) is 0 Å². The van der Waals surface area contributed by atoms with E-state index < -0.39 is 0 Å². The van der Waals surface area contributed by atoms with E-state index >= 15 is 0 Å². The van der Waals surface area contributed by atoms with E-state index in [-0.39, 0.29) is 18.1 Å². The van der Waals surface area contributed by atoms with Gasteiger partial charge in [0.05, 0.1) is 0 Å². The van der Waals surface area contributed by atoms with Crippen molar-refractivity contribution in [2.45, 2.75) is 25.9 Å². The van der Waals surface area contributed by atoms with Crippen molar-refractivity contribution >= 4 is 5.91 Å². The van der Waals surface area contributed by atoms with Crippen molar-refractivity contribution in [1.29, 1.82) is 0 Å². The Morgan fingerprint density at radius 3 is 2.73 bits per heavy atom. The molecule has 0 unspecified atom stereocenters. The van der Waals surface area contributed by atoms with Crippen molar-refractivity contribution in [1.82, 2.24) is 9.80 Å². The molecular formula is C17H24N2O3. The van der Waals surface area contributed by atoms with Crippen LogP contribution >= 0.6 is 0 Å². The van der Waals surface area contributed by atoms with Crippen molar-refractivity contribution in [3.8, 4) is 11.5 Å². The maximum atomic E-state index is 12.2. The summed E-state index contributed by atoms with van der Waals surface area (Å²) in [5, 5.41) is 0. The Balaban J connectivity index is 1.61. The molecule has 2 heterocycles. The molecule has 1 aromatic rings. The van der Waals surface area contributed by atoms with E-state index in [0.717, 1.165) is 43.9 Å². The number of rotatable bonds is 3. The summed E-state index contributed by atoms with van der Waals surface area (Å²) in [5.74, 6) is 1.51.